The Morgan fingerprint density at radius 3 is 2.61 bits per heavy atom. The SMILES string of the molecule is Cc1ccccc1OCC(O)Cn1nnc(-c2ccccc2)n1. The van der Waals surface area contributed by atoms with Crippen molar-refractivity contribution < 1.29 is 9.84 Å². The van der Waals surface area contributed by atoms with Gasteiger partial charge in [0.05, 0.1) is 6.54 Å². The number of nitrogens with zero attached hydrogens (tertiary/aromatic N) is 4. The Morgan fingerprint density at radius 1 is 1.09 bits per heavy atom. The van der Waals surface area contributed by atoms with Crippen molar-refractivity contribution in [2.75, 3.05) is 6.61 Å². The van der Waals surface area contributed by atoms with Crippen molar-refractivity contribution in [1.29, 1.82) is 0 Å². The molecule has 1 heterocycles. The van der Waals surface area contributed by atoms with E-state index in [1.807, 2.05) is 61.5 Å². The van der Waals surface area contributed by atoms with Gasteiger partial charge < -0.3 is 9.84 Å². The summed E-state index contributed by atoms with van der Waals surface area (Å²) in [6, 6.07) is 17.3. The fourth-order valence-corrected chi connectivity index (χ4v) is 2.17. The molecule has 1 atom stereocenters. The molecule has 118 valence electrons. The zero-order valence-corrected chi connectivity index (χ0v) is 12.8. The van der Waals surface area contributed by atoms with Crippen LogP contribution in [0.25, 0.3) is 11.4 Å². The van der Waals surface area contributed by atoms with E-state index in [1.54, 1.807) is 0 Å². The van der Waals surface area contributed by atoms with E-state index in [9.17, 15) is 5.11 Å². The summed E-state index contributed by atoms with van der Waals surface area (Å²) in [6.45, 7) is 2.37. The van der Waals surface area contributed by atoms with E-state index in [2.05, 4.69) is 15.4 Å². The Labute approximate surface area is 134 Å². The third-order valence-electron chi connectivity index (χ3n) is 3.38. The third-order valence-corrected chi connectivity index (χ3v) is 3.38. The van der Waals surface area contributed by atoms with E-state index >= 15 is 0 Å². The summed E-state index contributed by atoms with van der Waals surface area (Å²) < 4.78 is 5.62. The summed E-state index contributed by atoms with van der Waals surface area (Å²) in [5, 5.41) is 22.3. The summed E-state index contributed by atoms with van der Waals surface area (Å²) in [5.41, 5.74) is 1.93. The number of tetrazole rings is 1. The van der Waals surface area contributed by atoms with Crippen LogP contribution in [0.3, 0.4) is 0 Å². The molecule has 0 amide bonds. The van der Waals surface area contributed by atoms with E-state index in [0.29, 0.717) is 5.82 Å². The van der Waals surface area contributed by atoms with Crippen LogP contribution in [0.1, 0.15) is 5.56 Å². The largest absolute Gasteiger partial charge is 0.491 e. The van der Waals surface area contributed by atoms with Crippen molar-refractivity contribution in [3.63, 3.8) is 0 Å². The Kier molecular flexibility index (Phi) is 4.63. The summed E-state index contributed by atoms with van der Waals surface area (Å²) in [4.78, 5) is 1.38. The number of aliphatic hydroxyl groups is 1. The van der Waals surface area contributed by atoms with Gasteiger partial charge in [-0.15, -0.1) is 10.2 Å². The topological polar surface area (TPSA) is 73.1 Å². The lowest BCUT2D eigenvalue weighted by Gasteiger charge is -2.12. The fraction of sp³-hybridized carbons (Fsp3) is 0.235. The molecule has 0 saturated heterocycles. The smallest absolute Gasteiger partial charge is 0.204 e. The number of para-hydroxylation sites is 1. The predicted octanol–water partition coefficient (Wildman–Crippen LogP) is 2.09. The monoisotopic (exact) mass is 310 g/mol. The molecule has 0 aliphatic heterocycles. The molecule has 3 aromatic rings. The molecule has 6 nitrogen and oxygen atoms in total. The average molecular weight is 310 g/mol. The van der Waals surface area contributed by atoms with Crippen LogP contribution in [0.15, 0.2) is 54.6 Å². The predicted molar refractivity (Wildman–Crippen MR) is 85.9 cm³/mol. The van der Waals surface area contributed by atoms with Crippen LogP contribution in [0.2, 0.25) is 0 Å². The van der Waals surface area contributed by atoms with Gasteiger partial charge in [0.15, 0.2) is 0 Å². The quantitative estimate of drug-likeness (QED) is 0.754. The van der Waals surface area contributed by atoms with Gasteiger partial charge in [-0.3, -0.25) is 0 Å². The Bertz CT molecular complexity index is 758. The molecule has 1 unspecified atom stereocenters. The van der Waals surface area contributed by atoms with Gasteiger partial charge in [-0.25, -0.2) is 0 Å². The highest BCUT2D eigenvalue weighted by Gasteiger charge is 2.11. The molecule has 3 rings (SSSR count). The lowest BCUT2D eigenvalue weighted by atomic mass is 10.2. The zero-order valence-electron chi connectivity index (χ0n) is 12.8. The number of hydrogen-bond acceptors (Lipinski definition) is 5. The summed E-state index contributed by atoms with van der Waals surface area (Å²) in [5.74, 6) is 1.31. The second kappa shape index (κ2) is 7.02. The van der Waals surface area contributed by atoms with Crippen molar-refractivity contribution in [3.05, 3.63) is 60.2 Å². The molecular formula is C17H18N4O2. The highest BCUT2D eigenvalue weighted by molar-refractivity contribution is 5.52. The van der Waals surface area contributed by atoms with Crippen LogP contribution in [0, 0.1) is 6.92 Å². The van der Waals surface area contributed by atoms with Gasteiger partial charge in [-0.05, 0) is 23.8 Å². The molecule has 0 aliphatic rings. The highest BCUT2D eigenvalue weighted by Crippen LogP contribution is 2.16. The minimum Gasteiger partial charge on any atom is -0.491 e. The molecule has 0 fully saturated rings. The summed E-state index contributed by atoms with van der Waals surface area (Å²) >= 11 is 0. The minimum atomic E-state index is -0.715. The molecule has 23 heavy (non-hydrogen) atoms. The van der Waals surface area contributed by atoms with Crippen molar-refractivity contribution >= 4 is 0 Å². The number of aromatic nitrogens is 4. The number of aliphatic hydroxyl groups excluding tert-OH is 1. The lowest BCUT2D eigenvalue weighted by molar-refractivity contribution is 0.0847. The third kappa shape index (κ3) is 3.92. The van der Waals surface area contributed by atoms with Gasteiger partial charge in [0.25, 0.3) is 0 Å². The standard InChI is InChI=1S/C17H18N4O2/c1-13-7-5-6-10-16(13)23-12-15(22)11-21-19-17(18-20-21)14-8-3-2-4-9-14/h2-10,15,22H,11-12H2,1H3. The fourth-order valence-electron chi connectivity index (χ4n) is 2.17. The van der Waals surface area contributed by atoms with Crippen LogP contribution in [-0.4, -0.2) is 38.0 Å². The van der Waals surface area contributed by atoms with E-state index in [-0.39, 0.29) is 13.2 Å². The normalized spacial score (nSPS) is 12.1. The molecule has 1 aromatic heterocycles. The average Bonchev–Trinajstić information content (AvgIpc) is 3.03. The van der Waals surface area contributed by atoms with Crippen LogP contribution in [-0.2, 0) is 6.54 Å². The molecule has 0 saturated carbocycles. The van der Waals surface area contributed by atoms with E-state index < -0.39 is 6.10 Å². The molecule has 0 spiro atoms. The van der Waals surface area contributed by atoms with Crippen molar-refractivity contribution in [2.45, 2.75) is 19.6 Å². The Morgan fingerprint density at radius 2 is 1.83 bits per heavy atom. The van der Waals surface area contributed by atoms with E-state index in [4.69, 9.17) is 4.74 Å². The molecule has 0 bridgehead atoms. The van der Waals surface area contributed by atoms with Gasteiger partial charge in [-0.1, -0.05) is 48.5 Å². The second-order valence-corrected chi connectivity index (χ2v) is 5.26. The van der Waals surface area contributed by atoms with Crippen molar-refractivity contribution in [3.8, 4) is 17.1 Å². The first-order valence-electron chi connectivity index (χ1n) is 7.42. The summed E-state index contributed by atoms with van der Waals surface area (Å²) in [6.07, 6.45) is -0.715. The number of aryl methyl sites for hydroxylation is 1. The highest BCUT2D eigenvalue weighted by atomic mass is 16.5. The second-order valence-electron chi connectivity index (χ2n) is 5.26. The number of ether oxygens (including phenoxy) is 1. The van der Waals surface area contributed by atoms with Crippen LogP contribution >= 0.6 is 0 Å². The van der Waals surface area contributed by atoms with Crippen molar-refractivity contribution in [1.82, 2.24) is 20.2 Å². The first-order valence-corrected chi connectivity index (χ1v) is 7.42. The Balaban J connectivity index is 1.57. The minimum absolute atomic E-state index is 0.174. The maximum absolute atomic E-state index is 10.1. The molecule has 1 N–H and O–H groups in total. The van der Waals surface area contributed by atoms with Crippen molar-refractivity contribution in [2.24, 2.45) is 0 Å². The summed E-state index contributed by atoms with van der Waals surface area (Å²) in [7, 11) is 0. The maximum atomic E-state index is 10.1. The number of benzene rings is 2. The first kappa shape index (κ1) is 15.2. The molecule has 0 aliphatic carbocycles. The molecule has 6 heteroatoms. The first-order chi connectivity index (χ1) is 11.2. The van der Waals surface area contributed by atoms with Gasteiger partial charge >= 0.3 is 0 Å². The van der Waals surface area contributed by atoms with Gasteiger partial charge in [0, 0.05) is 5.56 Å². The lowest BCUT2D eigenvalue weighted by Crippen LogP contribution is -2.25. The van der Waals surface area contributed by atoms with Crippen LogP contribution in [0.5, 0.6) is 5.75 Å². The molecule has 2 aromatic carbocycles. The number of rotatable bonds is 6. The maximum Gasteiger partial charge on any atom is 0.204 e. The van der Waals surface area contributed by atoms with Gasteiger partial charge in [0.2, 0.25) is 5.82 Å². The molecular weight excluding hydrogens is 292 g/mol. The van der Waals surface area contributed by atoms with Gasteiger partial charge in [-0.2, -0.15) is 4.80 Å². The molecule has 0 radical (unpaired) electrons. The Hall–Kier alpha value is -2.73. The zero-order chi connectivity index (χ0) is 16.1. The van der Waals surface area contributed by atoms with E-state index in [1.165, 1.54) is 4.80 Å². The van der Waals surface area contributed by atoms with Gasteiger partial charge in [0.1, 0.15) is 18.5 Å². The number of hydrogen-bond donors (Lipinski definition) is 1. The van der Waals surface area contributed by atoms with Crippen LogP contribution in [0.4, 0.5) is 0 Å². The van der Waals surface area contributed by atoms with Crippen LogP contribution < -0.4 is 4.74 Å². The van der Waals surface area contributed by atoms with E-state index in [0.717, 1.165) is 16.9 Å².